The smallest absolute Gasteiger partial charge is 0.271 e. The van der Waals surface area contributed by atoms with Crippen LogP contribution in [0.3, 0.4) is 0 Å². The van der Waals surface area contributed by atoms with E-state index in [1.165, 1.54) is 62.8 Å². The number of amides is 1. The molecule has 2 N–H and O–H groups in total. The number of nitrogens with two attached hydrogens (primary N) is 1. The van der Waals surface area contributed by atoms with Crippen molar-refractivity contribution < 1.29 is 31.8 Å². The van der Waals surface area contributed by atoms with Crippen LogP contribution in [0.25, 0.3) is 0 Å². The Balaban J connectivity index is 1.69. The molecule has 3 aromatic rings. The molecule has 0 radical (unpaired) electrons. The van der Waals surface area contributed by atoms with E-state index in [0.29, 0.717) is 25.3 Å². The van der Waals surface area contributed by atoms with Crippen LogP contribution in [0.4, 0.5) is 10.1 Å². The summed E-state index contributed by atoms with van der Waals surface area (Å²) in [6.07, 6.45) is 1.47. The third-order valence-corrected chi connectivity index (χ3v) is 10.1. The molecule has 9 nitrogen and oxygen atoms in total. The lowest BCUT2D eigenvalue weighted by Crippen LogP contribution is -2.45. The number of likely N-dealkylation sites (tertiary alicyclic amines) is 1. The highest BCUT2D eigenvalue weighted by Gasteiger charge is 2.57. The summed E-state index contributed by atoms with van der Waals surface area (Å²) in [5.41, 5.74) is 4.82. The number of halogens is 2. The van der Waals surface area contributed by atoms with Crippen LogP contribution >= 0.6 is 11.6 Å². The molecular formula is C31H35ClFN3O6S. The van der Waals surface area contributed by atoms with Gasteiger partial charge in [-0.1, -0.05) is 29.8 Å². The Morgan fingerprint density at radius 2 is 1.79 bits per heavy atom. The number of sulfonamides is 1. The topological polar surface area (TPSA) is 111 Å². The van der Waals surface area contributed by atoms with E-state index in [-0.39, 0.29) is 50.7 Å². The molecule has 0 aliphatic carbocycles. The van der Waals surface area contributed by atoms with E-state index in [4.69, 9.17) is 31.5 Å². The molecule has 2 aliphatic heterocycles. The molecular weight excluding hydrogens is 597 g/mol. The zero-order valence-corrected chi connectivity index (χ0v) is 25.9. The van der Waals surface area contributed by atoms with Crippen molar-refractivity contribution in [2.24, 2.45) is 5.73 Å². The fourth-order valence-electron chi connectivity index (χ4n) is 6.11. The van der Waals surface area contributed by atoms with E-state index in [2.05, 4.69) is 4.90 Å². The third kappa shape index (κ3) is 5.43. The Morgan fingerprint density at radius 3 is 2.44 bits per heavy atom. The SMILES string of the molecule is CCOc1ccc(S(=O)(=O)N2C(=O)C(CCCN3CC[C@H](N)C3)(c3ccccc3F)c3cc(Cl)c(OC)cc32)cc1OC. The number of carbonyl (C=O) groups excluding carboxylic acids is 1. The van der Waals surface area contributed by atoms with Gasteiger partial charge >= 0.3 is 0 Å². The maximum absolute atomic E-state index is 15.7. The van der Waals surface area contributed by atoms with Gasteiger partial charge < -0.3 is 24.8 Å². The maximum atomic E-state index is 15.7. The Morgan fingerprint density at radius 1 is 1.05 bits per heavy atom. The summed E-state index contributed by atoms with van der Waals surface area (Å²) in [5, 5.41) is 0.169. The molecule has 0 spiro atoms. The van der Waals surface area contributed by atoms with E-state index in [0.717, 1.165) is 23.8 Å². The Bertz CT molecular complexity index is 1640. The molecule has 1 saturated heterocycles. The quantitative estimate of drug-likeness (QED) is 0.323. The van der Waals surface area contributed by atoms with Crippen LogP contribution in [0.2, 0.25) is 5.02 Å². The molecule has 2 atom stereocenters. The van der Waals surface area contributed by atoms with Crippen molar-refractivity contribution >= 4 is 33.2 Å². The molecule has 2 heterocycles. The van der Waals surface area contributed by atoms with Gasteiger partial charge in [0.1, 0.15) is 17.0 Å². The summed E-state index contributed by atoms with van der Waals surface area (Å²) in [5.74, 6) is -0.713. The minimum atomic E-state index is -4.54. The standard InChI is InChI=1S/C31H35ClFN3O6S/c1-4-42-27-11-10-21(16-29(27)41-3)43(38,39)36-26-18-28(40-2)24(32)17-23(26)31(30(36)37,22-8-5-6-9-25(22)33)13-7-14-35-15-12-20(34)19-35/h5-6,8-11,16-18,20H,4,7,12-15,19,34H2,1-3H3/t20-,31?/m0/s1. The number of hydrogen-bond donors (Lipinski definition) is 1. The predicted molar refractivity (Wildman–Crippen MR) is 162 cm³/mol. The summed E-state index contributed by atoms with van der Waals surface area (Å²) in [6.45, 7) is 4.29. The first-order valence-electron chi connectivity index (χ1n) is 14.1. The second kappa shape index (κ2) is 12.3. The second-order valence-electron chi connectivity index (χ2n) is 10.7. The van der Waals surface area contributed by atoms with Gasteiger partial charge in [-0.3, -0.25) is 4.79 Å². The van der Waals surface area contributed by atoms with Crippen LogP contribution in [0.5, 0.6) is 17.2 Å². The van der Waals surface area contributed by atoms with Crippen LogP contribution in [0, 0.1) is 5.82 Å². The zero-order valence-electron chi connectivity index (χ0n) is 24.3. The van der Waals surface area contributed by atoms with Crippen LogP contribution in [0.1, 0.15) is 37.3 Å². The first-order chi connectivity index (χ1) is 20.6. The van der Waals surface area contributed by atoms with Gasteiger partial charge in [0.05, 0.1) is 36.4 Å². The average Bonchev–Trinajstić information content (AvgIpc) is 3.51. The molecule has 5 rings (SSSR count). The van der Waals surface area contributed by atoms with Crippen molar-refractivity contribution in [3.63, 3.8) is 0 Å². The van der Waals surface area contributed by atoms with Crippen LogP contribution in [-0.4, -0.2) is 65.7 Å². The molecule has 230 valence electrons. The highest BCUT2D eigenvalue weighted by molar-refractivity contribution is 7.93. The number of benzene rings is 3. The normalized spacial score (nSPS) is 20.4. The van der Waals surface area contributed by atoms with E-state index in [1.54, 1.807) is 13.0 Å². The monoisotopic (exact) mass is 631 g/mol. The van der Waals surface area contributed by atoms with Crippen molar-refractivity contribution in [2.75, 3.05) is 44.8 Å². The molecule has 0 bridgehead atoms. The molecule has 1 fully saturated rings. The van der Waals surface area contributed by atoms with E-state index in [1.807, 2.05) is 0 Å². The maximum Gasteiger partial charge on any atom is 0.271 e. The number of anilines is 1. The number of methoxy groups -OCH3 is 2. The van der Waals surface area contributed by atoms with Crippen molar-refractivity contribution in [1.29, 1.82) is 0 Å². The molecule has 1 unspecified atom stereocenters. The number of carbonyl (C=O) groups is 1. The zero-order chi connectivity index (χ0) is 30.9. The van der Waals surface area contributed by atoms with Gasteiger partial charge in [-0.25, -0.2) is 17.1 Å². The first-order valence-corrected chi connectivity index (χ1v) is 15.9. The van der Waals surface area contributed by atoms with Gasteiger partial charge in [0, 0.05) is 30.3 Å². The first kappa shape index (κ1) is 31.1. The van der Waals surface area contributed by atoms with Gasteiger partial charge in [0.25, 0.3) is 15.9 Å². The fraction of sp³-hybridized carbons (Fsp3) is 0.387. The minimum Gasteiger partial charge on any atom is -0.495 e. The molecule has 43 heavy (non-hydrogen) atoms. The summed E-state index contributed by atoms with van der Waals surface area (Å²) >= 11 is 6.58. The van der Waals surface area contributed by atoms with Crippen molar-refractivity contribution in [1.82, 2.24) is 4.90 Å². The number of ether oxygens (including phenoxy) is 3. The third-order valence-electron chi connectivity index (χ3n) is 8.14. The summed E-state index contributed by atoms with van der Waals surface area (Å²) in [4.78, 5) is 16.8. The molecule has 2 aliphatic rings. The lowest BCUT2D eigenvalue weighted by molar-refractivity contribution is -0.121. The van der Waals surface area contributed by atoms with Gasteiger partial charge in [0.15, 0.2) is 11.5 Å². The van der Waals surface area contributed by atoms with E-state index in [9.17, 15) is 13.2 Å². The van der Waals surface area contributed by atoms with Crippen molar-refractivity contribution in [3.05, 3.63) is 76.6 Å². The van der Waals surface area contributed by atoms with Gasteiger partial charge in [0.2, 0.25) is 0 Å². The summed E-state index contributed by atoms with van der Waals surface area (Å²) < 4.78 is 61.5. The highest BCUT2D eigenvalue weighted by atomic mass is 35.5. The van der Waals surface area contributed by atoms with Gasteiger partial charge in [-0.2, -0.15) is 0 Å². The number of nitrogens with zero attached hydrogens (tertiary/aromatic N) is 2. The van der Waals surface area contributed by atoms with E-state index < -0.39 is 27.2 Å². The number of fused-ring (bicyclic) bond motifs is 1. The predicted octanol–water partition coefficient (Wildman–Crippen LogP) is 4.73. The molecule has 12 heteroatoms. The Kier molecular flexibility index (Phi) is 8.89. The molecule has 1 amide bonds. The fourth-order valence-corrected chi connectivity index (χ4v) is 7.84. The number of rotatable bonds is 11. The summed E-state index contributed by atoms with van der Waals surface area (Å²) in [6, 6.07) is 13.1. The summed E-state index contributed by atoms with van der Waals surface area (Å²) in [7, 11) is -1.75. The van der Waals surface area contributed by atoms with Crippen molar-refractivity contribution in [3.8, 4) is 17.2 Å². The number of hydrogen-bond acceptors (Lipinski definition) is 8. The Hall–Kier alpha value is -3.38. The minimum absolute atomic E-state index is 0.0468. The van der Waals surface area contributed by atoms with Gasteiger partial charge in [-0.15, -0.1) is 0 Å². The van der Waals surface area contributed by atoms with Crippen LogP contribution < -0.4 is 24.2 Å². The molecule has 0 saturated carbocycles. The van der Waals surface area contributed by atoms with Crippen LogP contribution in [0.15, 0.2) is 59.5 Å². The van der Waals surface area contributed by atoms with E-state index >= 15 is 4.39 Å². The lowest BCUT2D eigenvalue weighted by atomic mass is 9.72. The molecule has 3 aromatic carbocycles. The average molecular weight is 632 g/mol. The molecule has 0 aromatic heterocycles. The second-order valence-corrected chi connectivity index (χ2v) is 12.9. The van der Waals surface area contributed by atoms with Gasteiger partial charge in [-0.05, 0) is 69.1 Å². The Labute approximate surface area is 256 Å². The lowest BCUT2D eigenvalue weighted by Gasteiger charge is -2.30. The largest absolute Gasteiger partial charge is 0.495 e. The van der Waals surface area contributed by atoms with Crippen LogP contribution in [-0.2, 0) is 20.2 Å². The van der Waals surface area contributed by atoms with Crippen molar-refractivity contribution in [2.45, 2.75) is 42.5 Å². The highest BCUT2D eigenvalue weighted by Crippen LogP contribution is 2.54.